The molecule has 0 spiro atoms. The Labute approximate surface area is 147 Å². The number of hydrogen-bond donors (Lipinski definition) is 1. The van der Waals surface area contributed by atoms with Crippen LogP contribution in [0, 0.1) is 12.7 Å². The zero-order chi connectivity index (χ0) is 18.6. The van der Waals surface area contributed by atoms with Crippen LogP contribution in [0.3, 0.4) is 0 Å². The molecule has 5 nitrogen and oxygen atoms in total. The highest BCUT2D eigenvalue weighted by Crippen LogP contribution is 2.20. The Morgan fingerprint density at radius 2 is 1.92 bits per heavy atom. The van der Waals surface area contributed by atoms with Crippen LogP contribution in [0.1, 0.15) is 25.0 Å². The largest absolute Gasteiger partial charge is 0.339 e. The Morgan fingerprint density at radius 3 is 2.52 bits per heavy atom. The third-order valence-corrected chi connectivity index (χ3v) is 5.21. The molecule has 2 rings (SSSR count). The van der Waals surface area contributed by atoms with Crippen LogP contribution in [0.4, 0.5) is 10.1 Å². The van der Waals surface area contributed by atoms with E-state index in [-0.39, 0.29) is 10.8 Å². The van der Waals surface area contributed by atoms with Crippen molar-refractivity contribution in [2.24, 2.45) is 0 Å². The summed E-state index contributed by atoms with van der Waals surface area (Å²) in [6, 6.07) is 10.6. The zero-order valence-electron chi connectivity index (χ0n) is 14.4. The molecule has 134 valence electrons. The number of halogens is 1. The third kappa shape index (κ3) is 4.79. The van der Waals surface area contributed by atoms with Crippen LogP contribution in [0.2, 0.25) is 0 Å². The van der Waals surface area contributed by atoms with Crippen LogP contribution in [-0.4, -0.2) is 25.8 Å². The van der Waals surface area contributed by atoms with Gasteiger partial charge in [-0.05, 0) is 49.2 Å². The lowest BCUT2D eigenvalue weighted by molar-refractivity contribution is -0.129. The lowest BCUT2D eigenvalue weighted by Gasteiger charge is -2.19. The molecule has 0 saturated carbocycles. The van der Waals surface area contributed by atoms with Crippen molar-refractivity contribution in [3.63, 3.8) is 0 Å². The quantitative estimate of drug-likeness (QED) is 0.855. The van der Waals surface area contributed by atoms with Gasteiger partial charge in [0, 0.05) is 25.7 Å². The monoisotopic (exact) mass is 364 g/mol. The number of sulfonamides is 1. The molecule has 0 aliphatic heterocycles. The number of rotatable bonds is 6. The van der Waals surface area contributed by atoms with E-state index in [1.54, 1.807) is 30.0 Å². The molecule has 0 unspecified atom stereocenters. The number of anilines is 1. The van der Waals surface area contributed by atoms with Gasteiger partial charge in [0.25, 0.3) is 10.0 Å². The fraction of sp³-hybridized carbons (Fsp3) is 0.278. The van der Waals surface area contributed by atoms with E-state index < -0.39 is 15.8 Å². The summed E-state index contributed by atoms with van der Waals surface area (Å²) in [7, 11) is -3.89. The maximum absolute atomic E-state index is 13.6. The molecule has 1 N–H and O–H groups in total. The summed E-state index contributed by atoms with van der Waals surface area (Å²) in [5, 5.41) is 0. The summed E-state index contributed by atoms with van der Waals surface area (Å²) in [5.41, 5.74) is 1.54. The molecule has 2 aromatic carbocycles. The zero-order valence-corrected chi connectivity index (χ0v) is 15.2. The van der Waals surface area contributed by atoms with E-state index in [1.165, 1.54) is 19.1 Å². The van der Waals surface area contributed by atoms with E-state index in [4.69, 9.17) is 0 Å². The molecule has 0 fully saturated rings. The van der Waals surface area contributed by atoms with Crippen molar-refractivity contribution in [3.8, 4) is 0 Å². The average Bonchev–Trinajstić information content (AvgIpc) is 2.54. The standard InChI is InChI=1S/C18H21FN2O3S/c1-4-21(14(3)22)12-15-6-5-7-16(10-15)20-25(23,24)17-9-8-13(2)18(19)11-17/h5-11,20H,4,12H2,1-3H3. The predicted molar refractivity (Wildman–Crippen MR) is 95.2 cm³/mol. The van der Waals surface area contributed by atoms with Crippen molar-refractivity contribution in [1.82, 2.24) is 4.90 Å². The number of hydrogen-bond acceptors (Lipinski definition) is 3. The van der Waals surface area contributed by atoms with E-state index in [9.17, 15) is 17.6 Å². The Bertz CT molecular complexity index is 882. The van der Waals surface area contributed by atoms with Gasteiger partial charge < -0.3 is 4.90 Å². The fourth-order valence-corrected chi connectivity index (χ4v) is 3.42. The Balaban J connectivity index is 2.23. The SMILES string of the molecule is CCN(Cc1cccc(NS(=O)(=O)c2ccc(C)c(F)c2)c1)C(C)=O. The lowest BCUT2D eigenvalue weighted by atomic mass is 10.2. The molecule has 0 heterocycles. The topological polar surface area (TPSA) is 66.5 Å². The molecule has 0 aliphatic carbocycles. The smallest absolute Gasteiger partial charge is 0.261 e. The first-order chi connectivity index (χ1) is 11.7. The van der Waals surface area contributed by atoms with Gasteiger partial charge in [0.15, 0.2) is 0 Å². The first-order valence-electron chi connectivity index (χ1n) is 7.86. The van der Waals surface area contributed by atoms with Crippen LogP contribution in [-0.2, 0) is 21.4 Å². The van der Waals surface area contributed by atoms with Crippen molar-refractivity contribution < 1.29 is 17.6 Å². The summed E-state index contributed by atoms with van der Waals surface area (Å²) < 4.78 is 40.9. The maximum atomic E-state index is 13.6. The Morgan fingerprint density at radius 1 is 1.20 bits per heavy atom. The molecule has 2 aromatic rings. The summed E-state index contributed by atoms with van der Waals surface area (Å²) >= 11 is 0. The van der Waals surface area contributed by atoms with Crippen LogP contribution >= 0.6 is 0 Å². The van der Waals surface area contributed by atoms with Crippen LogP contribution in [0.5, 0.6) is 0 Å². The molecule has 7 heteroatoms. The average molecular weight is 364 g/mol. The number of aryl methyl sites for hydroxylation is 1. The Kier molecular flexibility index (Phi) is 5.79. The number of benzene rings is 2. The van der Waals surface area contributed by atoms with Crippen molar-refractivity contribution >= 4 is 21.6 Å². The highest BCUT2D eigenvalue weighted by molar-refractivity contribution is 7.92. The van der Waals surface area contributed by atoms with Gasteiger partial charge in [-0.15, -0.1) is 0 Å². The van der Waals surface area contributed by atoms with Gasteiger partial charge in [0.1, 0.15) is 5.82 Å². The van der Waals surface area contributed by atoms with E-state index in [0.717, 1.165) is 11.6 Å². The van der Waals surface area contributed by atoms with E-state index in [0.29, 0.717) is 24.3 Å². The second kappa shape index (κ2) is 7.65. The summed E-state index contributed by atoms with van der Waals surface area (Å²) in [5.74, 6) is -0.625. The number of nitrogens with one attached hydrogen (secondary N) is 1. The Hall–Kier alpha value is -2.41. The van der Waals surface area contributed by atoms with Crippen LogP contribution in [0.25, 0.3) is 0 Å². The fourth-order valence-electron chi connectivity index (χ4n) is 2.35. The van der Waals surface area contributed by atoms with E-state index in [1.807, 2.05) is 13.0 Å². The molecule has 0 atom stereocenters. The first kappa shape index (κ1) is 18.9. The van der Waals surface area contributed by atoms with Crippen molar-refractivity contribution in [2.75, 3.05) is 11.3 Å². The molecule has 0 radical (unpaired) electrons. The number of carbonyl (C=O) groups is 1. The molecule has 0 bridgehead atoms. The highest BCUT2D eigenvalue weighted by atomic mass is 32.2. The summed E-state index contributed by atoms with van der Waals surface area (Å²) in [6.45, 7) is 5.88. The first-order valence-corrected chi connectivity index (χ1v) is 9.34. The van der Waals surface area contributed by atoms with Gasteiger partial charge in [0.2, 0.25) is 5.91 Å². The van der Waals surface area contributed by atoms with Gasteiger partial charge in [-0.3, -0.25) is 9.52 Å². The molecule has 0 saturated heterocycles. The molecule has 0 aliphatic rings. The van der Waals surface area contributed by atoms with E-state index in [2.05, 4.69) is 4.72 Å². The van der Waals surface area contributed by atoms with Crippen LogP contribution in [0.15, 0.2) is 47.4 Å². The molecular formula is C18H21FN2O3S. The van der Waals surface area contributed by atoms with Gasteiger partial charge in [-0.25, -0.2) is 12.8 Å². The minimum atomic E-state index is -3.89. The van der Waals surface area contributed by atoms with Gasteiger partial charge in [0.05, 0.1) is 4.90 Å². The number of amides is 1. The van der Waals surface area contributed by atoms with Crippen molar-refractivity contribution in [1.29, 1.82) is 0 Å². The second-order valence-corrected chi connectivity index (χ2v) is 7.43. The molecule has 1 amide bonds. The van der Waals surface area contributed by atoms with Crippen molar-refractivity contribution in [2.45, 2.75) is 32.2 Å². The normalized spacial score (nSPS) is 11.2. The van der Waals surface area contributed by atoms with Crippen molar-refractivity contribution in [3.05, 3.63) is 59.4 Å². The lowest BCUT2D eigenvalue weighted by Crippen LogP contribution is -2.27. The van der Waals surface area contributed by atoms with Gasteiger partial charge in [-0.2, -0.15) is 0 Å². The minimum Gasteiger partial charge on any atom is -0.339 e. The van der Waals surface area contributed by atoms with Gasteiger partial charge in [-0.1, -0.05) is 18.2 Å². The molecular weight excluding hydrogens is 343 g/mol. The van der Waals surface area contributed by atoms with E-state index >= 15 is 0 Å². The van der Waals surface area contributed by atoms with Crippen LogP contribution < -0.4 is 4.72 Å². The maximum Gasteiger partial charge on any atom is 0.261 e. The third-order valence-electron chi connectivity index (χ3n) is 3.83. The summed E-state index contributed by atoms with van der Waals surface area (Å²) in [4.78, 5) is 13.0. The van der Waals surface area contributed by atoms with Gasteiger partial charge >= 0.3 is 0 Å². The predicted octanol–water partition coefficient (Wildman–Crippen LogP) is 3.30. The minimum absolute atomic E-state index is 0.0522. The summed E-state index contributed by atoms with van der Waals surface area (Å²) in [6.07, 6.45) is 0. The molecule has 0 aromatic heterocycles. The molecule has 25 heavy (non-hydrogen) atoms. The number of nitrogens with zero attached hydrogens (tertiary/aromatic N) is 1. The highest BCUT2D eigenvalue weighted by Gasteiger charge is 2.16. The number of carbonyl (C=O) groups excluding carboxylic acids is 1. The second-order valence-electron chi connectivity index (χ2n) is 5.75.